The smallest absolute Gasteiger partial charge is 0.345 e. The Balaban J connectivity index is 1.38. The van der Waals surface area contributed by atoms with Crippen LogP contribution in [0.3, 0.4) is 0 Å². The summed E-state index contributed by atoms with van der Waals surface area (Å²) in [6.45, 7) is 4.98. The van der Waals surface area contributed by atoms with Crippen molar-refractivity contribution in [1.82, 2.24) is 30.0 Å². The Bertz CT molecular complexity index is 804. The average molecular weight is 378 g/mol. The molecular weight excluding hydrogens is 350 g/mol. The molecule has 0 aromatic carbocycles. The van der Waals surface area contributed by atoms with Gasteiger partial charge in [-0.15, -0.1) is 11.3 Å². The molecule has 0 aliphatic carbocycles. The first-order valence-corrected chi connectivity index (χ1v) is 10.1. The van der Waals surface area contributed by atoms with Crippen LogP contribution in [0, 0.1) is 6.92 Å². The summed E-state index contributed by atoms with van der Waals surface area (Å²) in [5, 5.41) is 14.2. The Labute approximate surface area is 157 Å². The molecule has 0 radical (unpaired) electrons. The molecule has 0 bridgehead atoms. The Hall–Kier alpha value is -2.16. The summed E-state index contributed by atoms with van der Waals surface area (Å²) in [6.07, 6.45) is 4.81. The van der Waals surface area contributed by atoms with Crippen molar-refractivity contribution in [3.05, 3.63) is 32.4 Å². The zero-order valence-corrected chi connectivity index (χ0v) is 16.3. The Morgan fingerprint density at radius 3 is 2.92 bits per heavy atom. The van der Waals surface area contributed by atoms with Gasteiger partial charge in [-0.3, -0.25) is 9.56 Å². The normalized spacial score (nSPS) is 14.3. The highest BCUT2D eigenvalue weighted by atomic mass is 32.1. The summed E-state index contributed by atoms with van der Waals surface area (Å²) in [6, 6.07) is 0. The van der Waals surface area contributed by atoms with Crippen LogP contribution >= 0.6 is 11.3 Å². The Morgan fingerprint density at radius 1 is 1.35 bits per heavy atom. The van der Waals surface area contributed by atoms with Gasteiger partial charge in [0.1, 0.15) is 5.82 Å². The van der Waals surface area contributed by atoms with Gasteiger partial charge in [0, 0.05) is 51.4 Å². The minimum atomic E-state index is 0.0285. The lowest BCUT2D eigenvalue weighted by Gasteiger charge is -2.11. The molecule has 8 nitrogen and oxygen atoms in total. The molecular formula is C17H27N7OS. The Kier molecular flexibility index (Phi) is 6.43. The van der Waals surface area contributed by atoms with Gasteiger partial charge in [0.15, 0.2) is 5.96 Å². The number of aromatic nitrogens is 4. The molecule has 9 heteroatoms. The van der Waals surface area contributed by atoms with Gasteiger partial charge in [0.05, 0.1) is 10.7 Å². The van der Waals surface area contributed by atoms with Gasteiger partial charge >= 0.3 is 5.69 Å². The van der Waals surface area contributed by atoms with Gasteiger partial charge in [-0.05, 0) is 26.2 Å². The number of nitrogens with zero attached hydrogens (tertiary/aromatic N) is 5. The molecule has 0 saturated heterocycles. The first-order valence-electron chi connectivity index (χ1n) is 9.19. The molecule has 0 unspecified atom stereocenters. The van der Waals surface area contributed by atoms with Crippen LogP contribution in [0.15, 0.2) is 15.2 Å². The van der Waals surface area contributed by atoms with Crippen molar-refractivity contribution in [1.29, 1.82) is 0 Å². The lowest BCUT2D eigenvalue weighted by molar-refractivity contribution is 0.509. The van der Waals surface area contributed by atoms with Gasteiger partial charge in [0.25, 0.3) is 0 Å². The van der Waals surface area contributed by atoms with Gasteiger partial charge in [-0.2, -0.15) is 5.10 Å². The first kappa shape index (κ1) is 18.6. The average Bonchev–Trinajstić information content (AvgIpc) is 3.21. The van der Waals surface area contributed by atoms with Crippen LogP contribution in [0.25, 0.3) is 0 Å². The molecule has 2 aromatic rings. The topological polar surface area (TPSA) is 89.1 Å². The second-order valence-electron chi connectivity index (χ2n) is 6.42. The fraction of sp³-hybridized carbons (Fsp3) is 0.647. The number of hydrogen-bond donors (Lipinski definition) is 2. The first-order chi connectivity index (χ1) is 12.7. The van der Waals surface area contributed by atoms with Crippen LogP contribution in [-0.4, -0.2) is 45.4 Å². The van der Waals surface area contributed by atoms with Crippen molar-refractivity contribution >= 4 is 17.3 Å². The molecule has 0 saturated carbocycles. The number of thiazole rings is 1. The molecule has 3 heterocycles. The van der Waals surface area contributed by atoms with Crippen molar-refractivity contribution in [2.24, 2.45) is 4.99 Å². The third-order valence-electron chi connectivity index (χ3n) is 4.43. The number of aliphatic imine (C=N–C) groups is 1. The largest absolute Gasteiger partial charge is 0.356 e. The lowest BCUT2D eigenvalue weighted by atomic mass is 10.2. The molecule has 142 valence electrons. The van der Waals surface area contributed by atoms with Crippen molar-refractivity contribution in [2.75, 3.05) is 20.1 Å². The third-order valence-corrected chi connectivity index (χ3v) is 5.26. The highest BCUT2D eigenvalue weighted by Crippen LogP contribution is 2.09. The van der Waals surface area contributed by atoms with Gasteiger partial charge in [0.2, 0.25) is 0 Å². The second kappa shape index (κ2) is 8.98. The van der Waals surface area contributed by atoms with E-state index in [9.17, 15) is 4.79 Å². The standard InChI is InChI=1S/C17H27N7OS/c1-13-21-14(12-26-13)7-9-20-16(18-2)19-8-5-11-24-17(25)23-10-4-3-6-15(23)22-24/h12H,3-11H2,1-2H3,(H2,18,19,20). The molecule has 0 spiro atoms. The summed E-state index contributed by atoms with van der Waals surface area (Å²) in [5.74, 6) is 1.71. The predicted octanol–water partition coefficient (Wildman–Crippen LogP) is 0.944. The summed E-state index contributed by atoms with van der Waals surface area (Å²) < 4.78 is 3.42. The number of nitrogens with one attached hydrogen (secondary N) is 2. The molecule has 2 aromatic heterocycles. The minimum absolute atomic E-state index is 0.0285. The predicted molar refractivity (Wildman–Crippen MR) is 104 cm³/mol. The SMILES string of the molecule is CN=C(NCCCn1nc2n(c1=O)CCCC2)NCCc1csc(C)n1. The number of guanidine groups is 1. The molecule has 1 aliphatic heterocycles. The highest BCUT2D eigenvalue weighted by molar-refractivity contribution is 7.09. The molecule has 26 heavy (non-hydrogen) atoms. The molecule has 1 aliphatic rings. The molecule has 3 rings (SSSR count). The Morgan fingerprint density at radius 2 is 2.19 bits per heavy atom. The van der Waals surface area contributed by atoms with Crippen molar-refractivity contribution in [3.63, 3.8) is 0 Å². The molecule has 0 atom stereocenters. The summed E-state index contributed by atoms with van der Waals surface area (Å²) in [5.41, 5.74) is 1.14. The summed E-state index contributed by atoms with van der Waals surface area (Å²) >= 11 is 1.67. The molecule has 2 N–H and O–H groups in total. The zero-order valence-electron chi connectivity index (χ0n) is 15.5. The van der Waals surface area contributed by atoms with Crippen LogP contribution in [0.1, 0.15) is 35.8 Å². The van der Waals surface area contributed by atoms with E-state index in [1.807, 2.05) is 11.5 Å². The summed E-state index contributed by atoms with van der Waals surface area (Å²) in [4.78, 5) is 21.0. The highest BCUT2D eigenvalue weighted by Gasteiger charge is 2.16. The van der Waals surface area contributed by atoms with Crippen molar-refractivity contribution in [2.45, 2.75) is 52.1 Å². The van der Waals surface area contributed by atoms with E-state index in [-0.39, 0.29) is 5.69 Å². The molecule has 0 fully saturated rings. The number of fused-ring (bicyclic) bond motifs is 1. The van der Waals surface area contributed by atoms with E-state index < -0.39 is 0 Å². The van der Waals surface area contributed by atoms with E-state index in [2.05, 4.69) is 31.1 Å². The van der Waals surface area contributed by atoms with Gasteiger partial charge in [-0.25, -0.2) is 14.5 Å². The maximum absolute atomic E-state index is 12.3. The molecule has 0 amide bonds. The van der Waals surface area contributed by atoms with Crippen molar-refractivity contribution < 1.29 is 0 Å². The van der Waals surface area contributed by atoms with E-state index in [1.165, 1.54) is 0 Å². The van der Waals surface area contributed by atoms with E-state index in [4.69, 9.17) is 0 Å². The van der Waals surface area contributed by atoms with E-state index in [1.54, 1.807) is 23.1 Å². The lowest BCUT2D eigenvalue weighted by Crippen LogP contribution is -2.39. The van der Waals surface area contributed by atoms with Crippen LogP contribution in [0.5, 0.6) is 0 Å². The monoisotopic (exact) mass is 377 g/mol. The van der Waals surface area contributed by atoms with E-state index in [0.717, 1.165) is 74.2 Å². The number of aryl methyl sites for hydroxylation is 3. The van der Waals surface area contributed by atoms with E-state index in [0.29, 0.717) is 6.54 Å². The van der Waals surface area contributed by atoms with Crippen LogP contribution in [0.4, 0.5) is 0 Å². The van der Waals surface area contributed by atoms with Crippen molar-refractivity contribution in [3.8, 4) is 0 Å². The van der Waals surface area contributed by atoms with Crippen LogP contribution < -0.4 is 16.3 Å². The minimum Gasteiger partial charge on any atom is -0.356 e. The number of rotatable bonds is 7. The van der Waals surface area contributed by atoms with Gasteiger partial charge < -0.3 is 10.6 Å². The van der Waals surface area contributed by atoms with Crippen LogP contribution in [0.2, 0.25) is 0 Å². The van der Waals surface area contributed by atoms with Gasteiger partial charge in [-0.1, -0.05) is 0 Å². The second-order valence-corrected chi connectivity index (χ2v) is 7.48. The number of hydrogen-bond acceptors (Lipinski definition) is 5. The summed E-state index contributed by atoms with van der Waals surface area (Å²) in [7, 11) is 1.76. The third kappa shape index (κ3) is 4.72. The zero-order chi connectivity index (χ0) is 18.4. The maximum Gasteiger partial charge on any atom is 0.345 e. The quantitative estimate of drug-likeness (QED) is 0.426. The fourth-order valence-electron chi connectivity index (χ4n) is 3.08. The maximum atomic E-state index is 12.3. The van der Waals surface area contributed by atoms with E-state index >= 15 is 0 Å². The fourth-order valence-corrected chi connectivity index (χ4v) is 3.73. The van der Waals surface area contributed by atoms with Crippen LogP contribution in [-0.2, 0) is 25.9 Å².